The third kappa shape index (κ3) is 8.23. The van der Waals surface area contributed by atoms with Gasteiger partial charge in [0.2, 0.25) is 0 Å². The summed E-state index contributed by atoms with van der Waals surface area (Å²) in [4.78, 5) is 72.7. The SMILES string of the molecule is COC(=O)NC(C(=O)N1[C@@H](C)CC[C@H]1c1ncc(-c2ccc(-c3ccc(-c4cnc([C@@H]5CC[C@H](C)N5C(=O)C(NC(=O)OC)=C5CC(C)(C#N)C5)[nH]4)cc3)cc2)[nH]1)=C1CC(C)(C#N)C1. The average molecular weight is 865 g/mol. The fraction of sp³-hybridized carbons (Fsp3) is 0.417. The quantitative estimate of drug-likeness (QED) is 0.118. The molecular weight excluding hydrogens is 813 g/mol. The van der Waals surface area contributed by atoms with Gasteiger partial charge in [0.25, 0.3) is 11.8 Å². The number of nitrogens with one attached hydrogen (secondary N) is 4. The van der Waals surface area contributed by atoms with Crippen LogP contribution in [0.25, 0.3) is 33.6 Å². The van der Waals surface area contributed by atoms with Gasteiger partial charge in [-0.25, -0.2) is 19.6 Å². The minimum atomic E-state index is -0.731. The third-order valence-electron chi connectivity index (χ3n) is 13.3. The van der Waals surface area contributed by atoms with Crippen LogP contribution in [0, 0.1) is 33.5 Å². The summed E-state index contributed by atoms with van der Waals surface area (Å²) in [6, 6.07) is 20.0. The van der Waals surface area contributed by atoms with Crippen molar-refractivity contribution in [1.82, 2.24) is 40.4 Å². The first-order chi connectivity index (χ1) is 30.7. The van der Waals surface area contributed by atoms with E-state index in [1.165, 1.54) is 14.2 Å². The number of H-pyrrole nitrogens is 2. The zero-order valence-electron chi connectivity index (χ0n) is 36.9. The molecule has 16 nitrogen and oxygen atoms in total. The van der Waals surface area contributed by atoms with Crippen molar-refractivity contribution in [2.75, 3.05) is 14.2 Å². The number of nitrogens with zero attached hydrogens (tertiary/aromatic N) is 6. The standard InChI is InChI=1S/C48H52N10O6/c1-27-7-17-37(57(27)43(59)39(55-45(61)63-5)33-19-47(3,20-33)25-49)41-51-23-35(53-41)31-13-9-29(10-14-31)30-11-15-32(16-12-30)36-24-52-42(54-36)38-18-8-28(2)58(38)44(60)40(56-46(62)64-6)34-21-48(4,22-34)26-50/h9-16,23-24,27-28,37-38H,7-8,17-22H2,1-6H3,(H,51,53)(H,52,54)(H,55,61)(H,56,62)/t27-,28-,37-,38-,47?,48?/m0/s1. The number of carbonyl (C=O) groups excluding carboxylic acids is 4. The lowest BCUT2D eigenvalue weighted by molar-refractivity contribution is -0.131. The van der Waals surface area contributed by atoms with E-state index in [1.807, 2.05) is 76.2 Å². The Morgan fingerprint density at radius 3 is 1.30 bits per heavy atom. The van der Waals surface area contributed by atoms with Crippen LogP contribution in [0.4, 0.5) is 9.59 Å². The summed E-state index contributed by atoms with van der Waals surface area (Å²) >= 11 is 0. The van der Waals surface area contributed by atoms with E-state index in [9.17, 15) is 29.7 Å². The molecule has 16 heteroatoms. The molecule has 4 N–H and O–H groups in total. The summed E-state index contributed by atoms with van der Waals surface area (Å²) in [6.45, 7) is 7.66. The normalized spacial score (nSPS) is 24.8. The number of alkyl carbamates (subject to hydrolysis) is 2. The van der Waals surface area contributed by atoms with Crippen LogP contribution in [0.5, 0.6) is 0 Å². The van der Waals surface area contributed by atoms with E-state index in [2.05, 4.69) is 32.7 Å². The van der Waals surface area contributed by atoms with Gasteiger partial charge in [-0.2, -0.15) is 10.5 Å². The van der Waals surface area contributed by atoms with Gasteiger partial charge in [0, 0.05) is 12.1 Å². The molecular formula is C48H52N10O6. The lowest BCUT2D eigenvalue weighted by Gasteiger charge is -2.37. The minimum absolute atomic E-state index is 0.0995. The predicted molar refractivity (Wildman–Crippen MR) is 235 cm³/mol. The number of benzene rings is 2. The van der Waals surface area contributed by atoms with Crippen LogP contribution in [0.1, 0.15) is 103 Å². The Labute approximate surface area is 371 Å². The van der Waals surface area contributed by atoms with Crippen LogP contribution in [0.3, 0.4) is 0 Å². The average Bonchev–Trinajstić information content (AvgIpc) is 4.12. The molecule has 4 atom stereocenters. The zero-order chi connectivity index (χ0) is 45.5. The zero-order valence-corrected chi connectivity index (χ0v) is 36.9. The number of carbonyl (C=O) groups is 4. The number of aromatic amines is 2. The molecule has 0 radical (unpaired) electrons. The van der Waals surface area contributed by atoms with Gasteiger partial charge in [0.1, 0.15) is 23.0 Å². The number of ether oxygens (including phenoxy) is 2. The highest BCUT2D eigenvalue weighted by molar-refractivity contribution is 5.98. The first-order valence-electron chi connectivity index (χ1n) is 21.6. The highest BCUT2D eigenvalue weighted by atomic mass is 16.5. The summed E-state index contributed by atoms with van der Waals surface area (Å²) in [7, 11) is 2.50. The number of nitriles is 2. The maximum atomic E-state index is 14.1. The molecule has 2 saturated carbocycles. The summed E-state index contributed by atoms with van der Waals surface area (Å²) in [5.41, 5.74) is 6.19. The second-order valence-corrected chi connectivity index (χ2v) is 18.1. The molecule has 8 rings (SSSR count). The molecule has 0 spiro atoms. The molecule has 4 aromatic rings. The van der Waals surface area contributed by atoms with Crippen molar-refractivity contribution in [2.45, 2.75) is 103 Å². The molecule has 0 unspecified atom stereocenters. The summed E-state index contributed by atoms with van der Waals surface area (Å²) in [5.74, 6) is 0.688. The summed E-state index contributed by atoms with van der Waals surface area (Å²) < 4.78 is 9.66. The van der Waals surface area contributed by atoms with E-state index >= 15 is 0 Å². The van der Waals surface area contributed by atoms with Gasteiger partial charge in [-0.15, -0.1) is 0 Å². The molecule has 4 aliphatic rings. The van der Waals surface area contributed by atoms with E-state index in [0.717, 1.165) is 57.6 Å². The number of aromatic nitrogens is 4. The maximum absolute atomic E-state index is 14.1. The van der Waals surface area contributed by atoms with Crippen molar-refractivity contribution < 1.29 is 28.7 Å². The summed E-state index contributed by atoms with van der Waals surface area (Å²) in [5, 5.41) is 24.4. The molecule has 64 heavy (non-hydrogen) atoms. The molecule has 4 fully saturated rings. The van der Waals surface area contributed by atoms with E-state index < -0.39 is 23.0 Å². The molecule has 4 amide bonds. The lowest BCUT2D eigenvalue weighted by Crippen LogP contribution is -2.44. The number of likely N-dealkylation sites (tertiary alicyclic amines) is 2. The molecule has 2 aliphatic carbocycles. The van der Waals surface area contributed by atoms with Crippen LogP contribution >= 0.6 is 0 Å². The first kappa shape index (κ1) is 43.4. The number of imidazole rings is 2. The van der Waals surface area contributed by atoms with Gasteiger partial charge in [-0.3, -0.25) is 20.2 Å². The largest absolute Gasteiger partial charge is 0.453 e. The lowest BCUT2D eigenvalue weighted by atomic mass is 9.67. The van der Waals surface area contributed by atoms with Crippen molar-refractivity contribution in [1.29, 1.82) is 10.5 Å². The molecule has 2 aromatic carbocycles. The first-order valence-corrected chi connectivity index (χ1v) is 21.6. The second-order valence-electron chi connectivity index (χ2n) is 18.1. The highest BCUT2D eigenvalue weighted by Crippen LogP contribution is 2.48. The van der Waals surface area contributed by atoms with Crippen molar-refractivity contribution >= 4 is 24.0 Å². The van der Waals surface area contributed by atoms with Crippen LogP contribution in [0.15, 0.2) is 83.5 Å². The van der Waals surface area contributed by atoms with Crippen LogP contribution < -0.4 is 10.6 Å². The van der Waals surface area contributed by atoms with Gasteiger partial charge < -0.3 is 29.2 Å². The number of hydrogen-bond acceptors (Lipinski definition) is 10. The number of amides is 4. The predicted octanol–water partition coefficient (Wildman–Crippen LogP) is 8.11. The maximum Gasteiger partial charge on any atom is 0.411 e. The molecule has 2 aromatic heterocycles. The van der Waals surface area contributed by atoms with Gasteiger partial charge in [-0.05, 0) is 112 Å². The van der Waals surface area contributed by atoms with Crippen molar-refractivity contribution in [3.63, 3.8) is 0 Å². The fourth-order valence-electron chi connectivity index (χ4n) is 9.62. The van der Waals surface area contributed by atoms with Crippen molar-refractivity contribution in [3.05, 3.63) is 95.1 Å². The minimum Gasteiger partial charge on any atom is -0.453 e. The van der Waals surface area contributed by atoms with E-state index in [1.54, 1.807) is 22.2 Å². The topological polar surface area (TPSA) is 222 Å². The Balaban J connectivity index is 0.944. The Bertz CT molecular complexity index is 2450. The number of hydrogen-bond donors (Lipinski definition) is 4. The van der Waals surface area contributed by atoms with Crippen molar-refractivity contribution in [2.24, 2.45) is 10.8 Å². The van der Waals surface area contributed by atoms with E-state index in [4.69, 9.17) is 19.4 Å². The monoisotopic (exact) mass is 864 g/mol. The number of methoxy groups -OCH3 is 2. The third-order valence-corrected chi connectivity index (χ3v) is 13.3. The fourth-order valence-corrected chi connectivity index (χ4v) is 9.62. The highest BCUT2D eigenvalue weighted by Gasteiger charge is 2.45. The van der Waals surface area contributed by atoms with E-state index in [0.29, 0.717) is 50.2 Å². The van der Waals surface area contributed by atoms with Gasteiger partial charge >= 0.3 is 12.2 Å². The number of allylic oxidation sites excluding steroid dienone is 2. The molecule has 330 valence electrons. The van der Waals surface area contributed by atoms with Crippen LogP contribution in [-0.4, -0.2) is 80.0 Å². The summed E-state index contributed by atoms with van der Waals surface area (Å²) in [6.07, 6.45) is 6.60. The smallest absolute Gasteiger partial charge is 0.411 e. The second kappa shape index (κ2) is 17.2. The number of rotatable bonds is 9. The molecule has 2 aliphatic heterocycles. The van der Waals surface area contributed by atoms with E-state index in [-0.39, 0.29) is 47.4 Å². The Morgan fingerprint density at radius 1 is 0.625 bits per heavy atom. The molecule has 0 bridgehead atoms. The van der Waals surface area contributed by atoms with Gasteiger partial charge in [0.05, 0.1) is 73.1 Å². The molecule has 2 saturated heterocycles. The van der Waals surface area contributed by atoms with Gasteiger partial charge in [0.15, 0.2) is 0 Å². The van der Waals surface area contributed by atoms with Crippen molar-refractivity contribution in [3.8, 4) is 45.8 Å². The van der Waals surface area contributed by atoms with Crippen LogP contribution in [0.2, 0.25) is 0 Å². The Kier molecular flexibility index (Phi) is 11.7. The Morgan fingerprint density at radius 2 is 0.969 bits per heavy atom. The Hall–Kier alpha value is -7.20. The van der Waals surface area contributed by atoms with Crippen LogP contribution in [-0.2, 0) is 19.1 Å². The van der Waals surface area contributed by atoms with Gasteiger partial charge in [-0.1, -0.05) is 48.5 Å². The molecule has 4 heterocycles.